The van der Waals surface area contributed by atoms with E-state index in [9.17, 15) is 18.5 Å². The Hall–Kier alpha value is -2.45. The summed E-state index contributed by atoms with van der Waals surface area (Å²) in [5, 5.41) is 10.9. The molecule has 0 saturated carbocycles. The van der Waals surface area contributed by atoms with Gasteiger partial charge in [-0.3, -0.25) is 10.1 Å². The van der Waals surface area contributed by atoms with Crippen molar-refractivity contribution < 1.29 is 18.1 Å². The van der Waals surface area contributed by atoms with E-state index in [-0.39, 0.29) is 28.0 Å². The van der Waals surface area contributed by atoms with Crippen molar-refractivity contribution in [1.29, 1.82) is 0 Å². The summed E-state index contributed by atoms with van der Waals surface area (Å²) >= 11 is 0. The lowest BCUT2D eigenvalue weighted by Gasteiger charge is -2.51. The second-order valence-corrected chi connectivity index (χ2v) is 10.5. The van der Waals surface area contributed by atoms with Crippen LogP contribution < -0.4 is 4.74 Å². The first kappa shape index (κ1) is 20.8. The molecule has 1 fully saturated rings. The molecule has 0 N–H and O–H groups in total. The molecule has 4 rings (SSSR count). The maximum Gasteiger partial charge on any atom is 0.269 e. The minimum absolute atomic E-state index is 0.104. The zero-order valence-electron chi connectivity index (χ0n) is 17.4. The number of nitrogens with zero attached hydrogens (tertiary/aromatic N) is 2. The molecule has 8 heteroatoms. The minimum atomic E-state index is -3.75. The highest BCUT2D eigenvalue weighted by Crippen LogP contribution is 2.48. The third-order valence-corrected chi connectivity index (χ3v) is 8.69. The number of benzene rings is 2. The molecular formula is C22H26N2O5S. The highest BCUT2D eigenvalue weighted by molar-refractivity contribution is 7.89. The highest BCUT2D eigenvalue weighted by atomic mass is 32.2. The zero-order chi connectivity index (χ0) is 21.7. The van der Waals surface area contributed by atoms with Crippen LogP contribution in [0.4, 0.5) is 5.69 Å². The molecule has 1 heterocycles. The van der Waals surface area contributed by atoms with Crippen LogP contribution in [0.25, 0.3) is 0 Å². The molecule has 160 valence electrons. The normalized spacial score (nSPS) is 23.3. The fraction of sp³-hybridized carbons (Fsp3) is 0.455. The summed E-state index contributed by atoms with van der Waals surface area (Å²) in [4.78, 5) is 10.5. The first-order chi connectivity index (χ1) is 14.2. The van der Waals surface area contributed by atoms with E-state index < -0.39 is 14.9 Å². The van der Waals surface area contributed by atoms with Crippen molar-refractivity contribution in [2.75, 3.05) is 13.7 Å². The molecule has 30 heavy (non-hydrogen) atoms. The number of nitro groups is 1. The number of rotatable bonds is 4. The molecule has 1 aliphatic heterocycles. The number of non-ortho nitro benzene ring substituents is 1. The van der Waals surface area contributed by atoms with Crippen molar-refractivity contribution in [2.45, 2.75) is 49.5 Å². The topological polar surface area (TPSA) is 89.8 Å². The summed E-state index contributed by atoms with van der Waals surface area (Å²) in [5.41, 5.74) is 2.05. The monoisotopic (exact) mass is 430 g/mol. The van der Waals surface area contributed by atoms with E-state index in [4.69, 9.17) is 4.74 Å². The predicted molar refractivity (Wildman–Crippen MR) is 113 cm³/mol. The summed E-state index contributed by atoms with van der Waals surface area (Å²) < 4.78 is 34.0. The third-order valence-electron chi connectivity index (χ3n) is 6.75. The summed E-state index contributed by atoms with van der Waals surface area (Å²) in [6.45, 7) is 4.83. The van der Waals surface area contributed by atoms with Crippen LogP contribution in [0.1, 0.15) is 37.8 Å². The first-order valence-electron chi connectivity index (χ1n) is 10.1. The fourth-order valence-electron chi connectivity index (χ4n) is 5.17. The van der Waals surface area contributed by atoms with E-state index in [2.05, 4.69) is 19.9 Å². The van der Waals surface area contributed by atoms with Crippen LogP contribution >= 0.6 is 0 Å². The second kappa shape index (κ2) is 7.35. The average molecular weight is 431 g/mol. The van der Waals surface area contributed by atoms with Crippen molar-refractivity contribution in [3.63, 3.8) is 0 Å². The third kappa shape index (κ3) is 3.28. The molecule has 1 saturated heterocycles. The lowest BCUT2D eigenvalue weighted by atomic mass is 9.61. The summed E-state index contributed by atoms with van der Waals surface area (Å²) in [7, 11) is -2.10. The largest absolute Gasteiger partial charge is 0.497 e. The molecule has 2 aromatic rings. The van der Waals surface area contributed by atoms with Crippen LogP contribution in [-0.2, 0) is 21.9 Å². The van der Waals surface area contributed by atoms with Gasteiger partial charge in [0.2, 0.25) is 10.0 Å². The van der Waals surface area contributed by atoms with E-state index in [1.54, 1.807) is 11.4 Å². The quantitative estimate of drug-likeness (QED) is 0.542. The SMILES string of the molecule is COc1ccc2c(c1)C(C)(C)C1CCCN(S(=O)(=O)c3ccc([N+](=O)[O-])cc3)C1C2. The van der Waals surface area contributed by atoms with Gasteiger partial charge in [-0.2, -0.15) is 4.31 Å². The van der Waals surface area contributed by atoms with E-state index in [1.165, 1.54) is 29.8 Å². The van der Waals surface area contributed by atoms with Crippen molar-refractivity contribution in [3.05, 3.63) is 63.7 Å². The Morgan fingerprint density at radius 3 is 2.50 bits per heavy atom. The van der Waals surface area contributed by atoms with Crippen LogP contribution in [-0.4, -0.2) is 37.3 Å². The Morgan fingerprint density at radius 2 is 1.87 bits per heavy atom. The van der Waals surface area contributed by atoms with Crippen LogP contribution in [0.5, 0.6) is 5.75 Å². The van der Waals surface area contributed by atoms with Crippen LogP contribution in [0.3, 0.4) is 0 Å². The van der Waals surface area contributed by atoms with E-state index in [0.717, 1.165) is 24.2 Å². The van der Waals surface area contributed by atoms with Gasteiger partial charge >= 0.3 is 0 Å². The summed E-state index contributed by atoms with van der Waals surface area (Å²) in [6.07, 6.45) is 2.40. The smallest absolute Gasteiger partial charge is 0.269 e. The van der Waals surface area contributed by atoms with Crippen LogP contribution in [0, 0.1) is 16.0 Å². The molecule has 0 radical (unpaired) electrons. The summed E-state index contributed by atoms with van der Waals surface area (Å²) in [5.74, 6) is 0.991. The van der Waals surface area contributed by atoms with E-state index >= 15 is 0 Å². The van der Waals surface area contributed by atoms with Gasteiger partial charge in [-0.25, -0.2) is 8.42 Å². The number of hydrogen-bond donors (Lipinski definition) is 0. The highest BCUT2D eigenvalue weighted by Gasteiger charge is 2.49. The van der Waals surface area contributed by atoms with E-state index in [0.29, 0.717) is 13.0 Å². The molecule has 2 aliphatic rings. The van der Waals surface area contributed by atoms with Crippen molar-refractivity contribution in [3.8, 4) is 5.75 Å². The Kier molecular flexibility index (Phi) is 5.10. The fourth-order valence-corrected chi connectivity index (χ4v) is 6.87. The molecule has 0 amide bonds. The predicted octanol–water partition coefficient (Wildman–Crippen LogP) is 3.91. The number of hydrogen-bond acceptors (Lipinski definition) is 5. The van der Waals surface area contributed by atoms with Crippen molar-refractivity contribution >= 4 is 15.7 Å². The Balaban J connectivity index is 1.73. The number of fused-ring (bicyclic) bond motifs is 2. The lowest BCUT2D eigenvalue weighted by molar-refractivity contribution is -0.384. The van der Waals surface area contributed by atoms with Gasteiger partial charge in [-0.15, -0.1) is 0 Å². The first-order valence-corrected chi connectivity index (χ1v) is 11.5. The van der Waals surface area contributed by atoms with Crippen molar-refractivity contribution in [1.82, 2.24) is 4.31 Å². The zero-order valence-corrected chi connectivity index (χ0v) is 18.2. The van der Waals surface area contributed by atoms with Gasteiger partial charge in [0.15, 0.2) is 0 Å². The maximum absolute atomic E-state index is 13.5. The van der Waals surface area contributed by atoms with Crippen molar-refractivity contribution in [2.24, 2.45) is 5.92 Å². The molecular weight excluding hydrogens is 404 g/mol. The Bertz CT molecular complexity index is 1080. The second-order valence-electron chi connectivity index (χ2n) is 8.63. The van der Waals surface area contributed by atoms with Gasteiger partial charge < -0.3 is 4.74 Å². The summed E-state index contributed by atoms with van der Waals surface area (Å²) in [6, 6.07) is 11.1. The number of nitro benzene ring substituents is 1. The molecule has 0 bridgehead atoms. The number of ether oxygens (including phenoxy) is 1. The standard InChI is InChI=1S/C22H26N2O5S/c1-22(2)19-5-4-12-23(21(19)13-15-6-9-17(29-3)14-20(15)22)30(27,28)18-10-7-16(8-11-18)24(25)26/h6-11,14,19,21H,4-5,12-13H2,1-3H3. The van der Waals surface area contributed by atoms with Crippen LogP contribution in [0.15, 0.2) is 47.4 Å². The molecule has 0 spiro atoms. The Morgan fingerprint density at radius 1 is 1.17 bits per heavy atom. The van der Waals surface area contributed by atoms with Gasteiger partial charge in [0, 0.05) is 24.7 Å². The minimum Gasteiger partial charge on any atom is -0.497 e. The van der Waals surface area contributed by atoms with E-state index in [1.807, 2.05) is 12.1 Å². The number of sulfonamides is 1. The number of piperidine rings is 1. The molecule has 2 aromatic carbocycles. The molecule has 2 atom stereocenters. The molecule has 0 aromatic heterocycles. The Labute approximate surface area is 176 Å². The van der Waals surface area contributed by atoms with Gasteiger partial charge in [-0.05, 0) is 66.0 Å². The molecule has 7 nitrogen and oxygen atoms in total. The van der Waals surface area contributed by atoms with Gasteiger partial charge in [0.05, 0.1) is 16.9 Å². The van der Waals surface area contributed by atoms with Gasteiger partial charge in [0.25, 0.3) is 5.69 Å². The average Bonchev–Trinajstić information content (AvgIpc) is 2.73. The maximum atomic E-state index is 13.5. The van der Waals surface area contributed by atoms with Gasteiger partial charge in [0.1, 0.15) is 5.75 Å². The molecule has 1 aliphatic carbocycles. The number of methoxy groups -OCH3 is 1. The van der Waals surface area contributed by atoms with Crippen LogP contribution in [0.2, 0.25) is 0 Å². The lowest BCUT2D eigenvalue weighted by Crippen LogP contribution is -2.56. The van der Waals surface area contributed by atoms with Gasteiger partial charge in [-0.1, -0.05) is 19.9 Å². The molecule has 2 unspecified atom stereocenters.